The smallest absolute Gasteiger partial charge is 0.0812 e. The van der Waals surface area contributed by atoms with Gasteiger partial charge >= 0.3 is 0 Å². The predicted molar refractivity (Wildman–Crippen MR) is 216 cm³/mol. The van der Waals surface area contributed by atoms with E-state index in [0.717, 1.165) is 29.2 Å². The van der Waals surface area contributed by atoms with Crippen molar-refractivity contribution in [2.24, 2.45) is 9.98 Å². The Hall–Kier alpha value is -0.675. The first-order valence-electron chi connectivity index (χ1n) is 14.9. The number of nitrogens with zero attached hydrogens (tertiary/aromatic N) is 4. The van der Waals surface area contributed by atoms with E-state index in [-0.39, 0.29) is 109 Å². The van der Waals surface area contributed by atoms with Crippen LogP contribution in [0.5, 0.6) is 0 Å². The summed E-state index contributed by atoms with van der Waals surface area (Å²) in [4.78, 5) is 18.9. The average Bonchev–Trinajstić information content (AvgIpc) is 2.95. The van der Waals surface area contributed by atoms with Crippen LogP contribution >= 0.6 is 67.9 Å². The van der Waals surface area contributed by atoms with Crippen molar-refractivity contribution in [2.75, 3.05) is 0 Å². The zero-order valence-electron chi connectivity index (χ0n) is 28.2. The molecule has 0 saturated heterocycles. The summed E-state index contributed by atoms with van der Waals surface area (Å²) in [5, 5.41) is 0. The van der Waals surface area contributed by atoms with Crippen LogP contribution in [-0.4, -0.2) is 22.4 Å². The molecule has 2 aromatic heterocycles. The van der Waals surface area contributed by atoms with Crippen LogP contribution in [0.1, 0.15) is 124 Å². The fourth-order valence-electron chi connectivity index (χ4n) is 5.15. The summed E-state index contributed by atoms with van der Waals surface area (Å²) in [6, 6.07) is 21.3. The molecule has 0 atom stereocenters. The zero-order chi connectivity index (χ0) is 29.5. The van der Waals surface area contributed by atoms with E-state index in [9.17, 15) is 0 Å². The van der Waals surface area contributed by atoms with Gasteiger partial charge in [-0.15, -0.1) is 67.9 Å². The minimum Gasteiger partial charge on any atom is -0.255 e. The van der Waals surface area contributed by atoms with E-state index in [4.69, 9.17) is 9.98 Å². The molecule has 0 spiro atoms. The maximum Gasteiger partial charge on any atom is 0.0812 e. The van der Waals surface area contributed by atoms with Crippen molar-refractivity contribution in [2.45, 2.75) is 85.5 Å². The van der Waals surface area contributed by atoms with Crippen LogP contribution in [0.2, 0.25) is 0 Å². The SMILES string of the molecule is Br.Br.Br.Br.CC(C)c1cc(Cc2cc(C(C)C)c(N=Cc3ccccn3)c(C(C)C)c2)cc(C(C)C)c1N=Cc1ccccn1.[Pd].[Pd]. The topological polar surface area (TPSA) is 50.5 Å². The predicted octanol–water partition coefficient (Wildman–Crippen LogP) is 12.4. The minimum atomic E-state index is 0. The van der Waals surface area contributed by atoms with Gasteiger partial charge in [0.15, 0.2) is 0 Å². The molecule has 0 fully saturated rings. The second-order valence-corrected chi connectivity index (χ2v) is 12.1. The number of pyridine rings is 2. The van der Waals surface area contributed by atoms with Gasteiger partial charge in [-0.1, -0.05) is 91.8 Å². The van der Waals surface area contributed by atoms with Crippen LogP contribution in [0.25, 0.3) is 0 Å². The molecule has 0 saturated carbocycles. The van der Waals surface area contributed by atoms with Gasteiger partial charge in [-0.25, -0.2) is 0 Å². The van der Waals surface area contributed by atoms with E-state index in [2.05, 4.69) is 89.6 Å². The van der Waals surface area contributed by atoms with Gasteiger partial charge in [0.05, 0.1) is 35.2 Å². The van der Waals surface area contributed by atoms with Crippen LogP contribution in [-0.2, 0) is 47.3 Å². The number of hydrogen-bond donors (Lipinski definition) is 0. The van der Waals surface area contributed by atoms with Gasteiger partial charge in [0.2, 0.25) is 0 Å². The van der Waals surface area contributed by atoms with Crippen LogP contribution in [0.3, 0.4) is 0 Å². The summed E-state index contributed by atoms with van der Waals surface area (Å²) in [5.74, 6) is 1.40. The van der Waals surface area contributed by atoms with Gasteiger partial charge in [0.1, 0.15) is 0 Å². The minimum absolute atomic E-state index is 0. The molecule has 4 aromatic rings. The van der Waals surface area contributed by atoms with Crippen molar-refractivity contribution in [3.05, 3.63) is 118 Å². The van der Waals surface area contributed by atoms with E-state index in [1.54, 1.807) is 0 Å². The van der Waals surface area contributed by atoms with E-state index >= 15 is 0 Å². The first-order chi connectivity index (χ1) is 19.6. The maximum atomic E-state index is 4.99. The Bertz CT molecular complexity index is 1360. The van der Waals surface area contributed by atoms with Gasteiger partial charge in [-0.2, -0.15) is 0 Å². The van der Waals surface area contributed by atoms with Gasteiger partial charge < -0.3 is 0 Å². The number of aliphatic imine (C=N–C) groups is 2. The summed E-state index contributed by atoms with van der Waals surface area (Å²) >= 11 is 0. The number of halogens is 4. The monoisotopic (exact) mass is 1080 g/mol. The van der Waals surface area contributed by atoms with Gasteiger partial charge in [-0.05, 0) is 87.7 Å². The quantitative estimate of drug-likeness (QED) is 0.117. The average molecular weight is 1080 g/mol. The van der Waals surface area contributed by atoms with Crippen LogP contribution in [0.4, 0.5) is 11.4 Å². The van der Waals surface area contributed by atoms with Crippen LogP contribution < -0.4 is 0 Å². The molecule has 4 nitrogen and oxygen atoms in total. The second kappa shape index (κ2) is 24.5. The Morgan fingerprint density at radius 3 is 1.04 bits per heavy atom. The molecule has 10 heteroatoms. The van der Waals surface area contributed by atoms with Gasteiger partial charge in [0, 0.05) is 53.2 Å². The van der Waals surface area contributed by atoms with Crippen LogP contribution in [0.15, 0.2) is 83.0 Å². The summed E-state index contributed by atoms with van der Waals surface area (Å²) in [6.45, 7) is 18.0. The van der Waals surface area contributed by atoms with Crippen molar-refractivity contribution in [3.63, 3.8) is 0 Å². The number of rotatable bonds is 10. The molecule has 0 radical (unpaired) electrons. The Balaban J connectivity index is -0.00000323. The van der Waals surface area contributed by atoms with Crippen molar-refractivity contribution in [1.29, 1.82) is 0 Å². The molecule has 0 aliphatic carbocycles. The maximum absolute atomic E-state index is 4.99. The number of benzene rings is 2. The van der Waals surface area contributed by atoms with E-state index in [1.165, 1.54) is 33.4 Å². The summed E-state index contributed by atoms with van der Waals surface area (Å²) in [5.41, 5.74) is 11.7. The van der Waals surface area contributed by atoms with Gasteiger partial charge in [-0.3, -0.25) is 20.0 Å². The Labute approximate surface area is 352 Å². The third kappa shape index (κ3) is 14.2. The normalized spacial score (nSPS) is 10.6. The van der Waals surface area contributed by atoms with E-state index in [0.29, 0.717) is 23.7 Å². The van der Waals surface area contributed by atoms with Crippen molar-refractivity contribution < 1.29 is 40.8 Å². The molecule has 47 heavy (non-hydrogen) atoms. The van der Waals surface area contributed by atoms with E-state index in [1.807, 2.05) is 61.2 Å². The summed E-state index contributed by atoms with van der Waals surface area (Å²) in [6.07, 6.45) is 8.27. The summed E-state index contributed by atoms with van der Waals surface area (Å²) < 4.78 is 0. The van der Waals surface area contributed by atoms with Crippen LogP contribution in [0, 0.1) is 0 Å². The first kappa shape index (κ1) is 50.7. The number of aromatic nitrogens is 2. The van der Waals surface area contributed by atoms with Crippen molar-refractivity contribution in [1.82, 2.24) is 9.97 Å². The molecule has 0 aliphatic rings. The zero-order valence-corrected chi connectivity index (χ0v) is 38.1. The third-order valence-electron chi connectivity index (χ3n) is 7.38. The molecule has 0 amide bonds. The largest absolute Gasteiger partial charge is 0.255 e. The Morgan fingerprint density at radius 2 is 0.809 bits per heavy atom. The molecule has 4 rings (SSSR count). The first-order valence-corrected chi connectivity index (χ1v) is 14.9. The Kier molecular flexibility index (Phi) is 26.4. The van der Waals surface area contributed by atoms with Crippen molar-refractivity contribution >= 4 is 91.7 Å². The fraction of sp³-hybridized carbons (Fsp3) is 0.351. The molecule has 0 N–H and O–H groups in total. The second-order valence-electron chi connectivity index (χ2n) is 12.1. The Morgan fingerprint density at radius 1 is 0.511 bits per heavy atom. The molecule has 264 valence electrons. The van der Waals surface area contributed by atoms with E-state index < -0.39 is 0 Å². The molecule has 0 unspecified atom stereocenters. The molecule has 0 aliphatic heterocycles. The molecular formula is C37H48Br4N4Pd2. The molecule has 2 heterocycles. The number of hydrogen-bond acceptors (Lipinski definition) is 4. The fourth-order valence-corrected chi connectivity index (χ4v) is 5.15. The standard InChI is InChI=1S/C37H44N4.4BrH.2Pd/c1-24(2)32-18-28(19-33(25(3)4)36(32)40-22-30-13-9-11-15-38-30)17-29-20-34(26(5)6)37(35(21-29)27(7)8)41-23-31-14-10-12-16-39-31;;;;;;/h9-16,18-27H,17H2,1-8H3;4*1H;;. The van der Waals surface area contributed by atoms with Gasteiger partial charge in [0.25, 0.3) is 0 Å². The third-order valence-corrected chi connectivity index (χ3v) is 7.38. The molecule has 2 aromatic carbocycles. The summed E-state index contributed by atoms with van der Waals surface area (Å²) in [7, 11) is 0. The van der Waals surface area contributed by atoms with Crippen molar-refractivity contribution in [3.8, 4) is 0 Å². The molecule has 0 bridgehead atoms. The molecular weight excluding hydrogens is 1030 g/mol.